The molecule has 94 valence electrons. The highest BCUT2D eigenvalue weighted by Gasteiger charge is 2.11. The first-order chi connectivity index (χ1) is 9.10. The van der Waals surface area contributed by atoms with Crippen molar-refractivity contribution in [3.63, 3.8) is 0 Å². The molecule has 2 rings (SSSR count). The summed E-state index contributed by atoms with van der Waals surface area (Å²) >= 11 is 11.7. The molecule has 0 radical (unpaired) electrons. The van der Waals surface area contributed by atoms with Gasteiger partial charge in [-0.3, -0.25) is 4.79 Å². The van der Waals surface area contributed by atoms with Crippen molar-refractivity contribution < 1.29 is 4.79 Å². The van der Waals surface area contributed by atoms with Crippen molar-refractivity contribution in [3.05, 3.63) is 57.7 Å². The molecule has 4 nitrogen and oxygen atoms in total. The summed E-state index contributed by atoms with van der Waals surface area (Å²) in [5.74, 6) is -0.0789. The first-order valence-corrected chi connectivity index (χ1v) is 5.98. The second-order valence-corrected chi connectivity index (χ2v) is 4.47. The van der Waals surface area contributed by atoms with Gasteiger partial charge < -0.3 is 5.32 Å². The van der Waals surface area contributed by atoms with Crippen LogP contribution in [0.3, 0.4) is 0 Å². The lowest BCUT2D eigenvalue weighted by atomic mass is 10.2. The number of halogens is 2. The predicted molar refractivity (Wildman–Crippen MR) is 73.4 cm³/mol. The second-order valence-electron chi connectivity index (χ2n) is 3.62. The maximum Gasteiger partial charge on any atom is 0.258 e. The number of benzene rings is 1. The van der Waals surface area contributed by atoms with Gasteiger partial charge in [-0.25, -0.2) is 4.98 Å². The fourth-order valence-electron chi connectivity index (χ4n) is 1.39. The molecule has 1 amide bonds. The Bertz CT molecular complexity index is 663. The van der Waals surface area contributed by atoms with Gasteiger partial charge in [0.15, 0.2) is 0 Å². The molecule has 0 unspecified atom stereocenters. The number of pyridine rings is 1. The Labute approximate surface area is 119 Å². The highest BCUT2D eigenvalue weighted by molar-refractivity contribution is 6.36. The van der Waals surface area contributed by atoms with Crippen LogP contribution in [-0.2, 0) is 0 Å². The van der Waals surface area contributed by atoms with E-state index in [2.05, 4.69) is 10.3 Å². The molecule has 2 aromatic rings. The van der Waals surface area contributed by atoms with E-state index in [1.54, 1.807) is 18.2 Å². The number of nitrogens with one attached hydrogen (secondary N) is 1. The van der Waals surface area contributed by atoms with E-state index >= 15 is 0 Å². The molecule has 6 heteroatoms. The predicted octanol–water partition coefficient (Wildman–Crippen LogP) is 3.51. The largest absolute Gasteiger partial charge is 0.307 e. The summed E-state index contributed by atoms with van der Waals surface area (Å²) in [4.78, 5) is 15.9. The van der Waals surface area contributed by atoms with Crippen LogP contribution in [0, 0.1) is 11.3 Å². The number of carbonyl (C=O) groups excluding carboxylic acids is 1. The number of amides is 1. The van der Waals surface area contributed by atoms with E-state index in [-0.39, 0.29) is 5.56 Å². The number of carbonyl (C=O) groups is 1. The quantitative estimate of drug-likeness (QED) is 0.921. The zero-order valence-electron chi connectivity index (χ0n) is 9.52. The van der Waals surface area contributed by atoms with E-state index in [9.17, 15) is 4.79 Å². The summed E-state index contributed by atoms with van der Waals surface area (Å²) in [6.07, 6.45) is 1.37. The molecule has 1 aromatic heterocycles. The van der Waals surface area contributed by atoms with Crippen molar-refractivity contribution in [1.82, 2.24) is 4.98 Å². The summed E-state index contributed by atoms with van der Waals surface area (Å²) in [5.41, 5.74) is 0.680. The summed E-state index contributed by atoms with van der Waals surface area (Å²) in [6.45, 7) is 0. The van der Waals surface area contributed by atoms with Crippen molar-refractivity contribution in [1.29, 1.82) is 5.26 Å². The third-order valence-corrected chi connectivity index (χ3v) is 2.87. The van der Waals surface area contributed by atoms with Crippen LogP contribution < -0.4 is 5.32 Å². The van der Waals surface area contributed by atoms with E-state index in [0.717, 1.165) is 0 Å². The van der Waals surface area contributed by atoms with Crippen LogP contribution >= 0.6 is 23.2 Å². The molecule has 0 aliphatic heterocycles. The Hall–Kier alpha value is -2.09. The highest BCUT2D eigenvalue weighted by Crippen LogP contribution is 2.21. The van der Waals surface area contributed by atoms with Crippen LogP contribution in [0.4, 0.5) is 5.82 Å². The van der Waals surface area contributed by atoms with E-state index < -0.39 is 5.91 Å². The summed E-state index contributed by atoms with van der Waals surface area (Å²) in [7, 11) is 0. The fraction of sp³-hybridized carbons (Fsp3) is 0. The molecule has 0 saturated heterocycles. The molecule has 19 heavy (non-hydrogen) atoms. The van der Waals surface area contributed by atoms with E-state index in [0.29, 0.717) is 21.4 Å². The number of aromatic nitrogens is 1. The van der Waals surface area contributed by atoms with Crippen LogP contribution in [0.5, 0.6) is 0 Å². The number of rotatable bonds is 2. The number of nitriles is 1. The molecule has 0 spiro atoms. The van der Waals surface area contributed by atoms with E-state index in [4.69, 9.17) is 28.5 Å². The molecular weight excluding hydrogens is 285 g/mol. The first kappa shape index (κ1) is 13.3. The van der Waals surface area contributed by atoms with Crippen molar-refractivity contribution in [2.24, 2.45) is 0 Å². The molecular formula is C13H7Cl2N3O. The van der Waals surface area contributed by atoms with E-state index in [1.807, 2.05) is 6.07 Å². The van der Waals surface area contributed by atoms with Crippen LogP contribution in [-0.4, -0.2) is 10.9 Å². The monoisotopic (exact) mass is 291 g/mol. The van der Waals surface area contributed by atoms with Gasteiger partial charge in [-0.2, -0.15) is 5.26 Å². The molecule has 1 aromatic carbocycles. The second kappa shape index (κ2) is 5.70. The summed E-state index contributed by atoms with van der Waals surface area (Å²) < 4.78 is 0. The smallest absolute Gasteiger partial charge is 0.258 e. The van der Waals surface area contributed by atoms with Crippen molar-refractivity contribution in [3.8, 4) is 6.07 Å². The average molecular weight is 292 g/mol. The van der Waals surface area contributed by atoms with Crippen LogP contribution in [0.15, 0.2) is 36.5 Å². The lowest BCUT2D eigenvalue weighted by molar-refractivity contribution is 0.102. The number of nitrogens with zero attached hydrogens (tertiary/aromatic N) is 2. The van der Waals surface area contributed by atoms with Gasteiger partial charge >= 0.3 is 0 Å². The Morgan fingerprint density at radius 1 is 1.26 bits per heavy atom. The Morgan fingerprint density at radius 2 is 2.05 bits per heavy atom. The number of anilines is 1. The van der Waals surface area contributed by atoms with Gasteiger partial charge in [-0.05, 0) is 30.3 Å². The Morgan fingerprint density at radius 3 is 2.68 bits per heavy atom. The lowest BCUT2D eigenvalue weighted by Crippen LogP contribution is -2.13. The fourth-order valence-corrected chi connectivity index (χ4v) is 1.76. The van der Waals surface area contributed by atoms with E-state index in [1.165, 1.54) is 18.3 Å². The van der Waals surface area contributed by atoms with Crippen LogP contribution in [0.2, 0.25) is 10.0 Å². The number of hydrogen-bond acceptors (Lipinski definition) is 3. The third-order valence-electron chi connectivity index (χ3n) is 2.31. The normalized spacial score (nSPS) is 9.74. The van der Waals surface area contributed by atoms with Crippen molar-refractivity contribution >= 4 is 34.9 Å². The summed E-state index contributed by atoms with van der Waals surface area (Å²) in [6, 6.07) is 9.66. The van der Waals surface area contributed by atoms with Crippen LogP contribution in [0.1, 0.15) is 15.9 Å². The zero-order valence-corrected chi connectivity index (χ0v) is 11.0. The molecule has 1 heterocycles. The zero-order chi connectivity index (χ0) is 13.8. The lowest BCUT2D eigenvalue weighted by Gasteiger charge is -2.06. The summed E-state index contributed by atoms with van der Waals surface area (Å²) in [5, 5.41) is 11.9. The van der Waals surface area contributed by atoms with Gasteiger partial charge in [0.1, 0.15) is 11.9 Å². The number of hydrogen-bond donors (Lipinski definition) is 1. The third kappa shape index (κ3) is 3.22. The maximum absolute atomic E-state index is 12.0. The molecule has 0 atom stereocenters. The van der Waals surface area contributed by atoms with Crippen LogP contribution in [0.25, 0.3) is 0 Å². The highest BCUT2D eigenvalue weighted by atomic mass is 35.5. The minimum atomic E-state index is -0.412. The van der Waals surface area contributed by atoms with Crippen molar-refractivity contribution in [2.75, 3.05) is 5.32 Å². The van der Waals surface area contributed by atoms with Crippen molar-refractivity contribution in [2.45, 2.75) is 0 Å². The molecule has 0 fully saturated rings. The van der Waals surface area contributed by atoms with Gasteiger partial charge in [-0.1, -0.05) is 23.2 Å². The van der Waals surface area contributed by atoms with Gasteiger partial charge in [0.25, 0.3) is 5.91 Å². The Balaban J connectivity index is 2.21. The Kier molecular flexibility index (Phi) is 4.00. The molecule has 0 aliphatic carbocycles. The minimum absolute atomic E-state index is 0.264. The minimum Gasteiger partial charge on any atom is -0.307 e. The molecule has 1 N–H and O–H groups in total. The standard InChI is InChI=1S/C13H7Cl2N3O/c14-9-2-3-11(15)10(5-9)13(19)18-12-4-1-8(6-16)7-17-12/h1-5,7H,(H,17,18,19). The molecule has 0 aliphatic rings. The average Bonchev–Trinajstić information content (AvgIpc) is 2.42. The van der Waals surface area contributed by atoms with Gasteiger partial charge in [-0.15, -0.1) is 0 Å². The molecule has 0 saturated carbocycles. The maximum atomic E-state index is 12.0. The topological polar surface area (TPSA) is 65.8 Å². The van der Waals surface area contributed by atoms with Gasteiger partial charge in [0.05, 0.1) is 16.1 Å². The SMILES string of the molecule is N#Cc1ccc(NC(=O)c2cc(Cl)ccc2Cl)nc1. The first-order valence-electron chi connectivity index (χ1n) is 5.22. The molecule has 0 bridgehead atoms. The van der Waals surface area contributed by atoms with Gasteiger partial charge in [0, 0.05) is 11.2 Å². The van der Waals surface area contributed by atoms with Gasteiger partial charge in [0.2, 0.25) is 0 Å².